The van der Waals surface area contributed by atoms with Crippen molar-refractivity contribution in [1.82, 2.24) is 4.90 Å². The van der Waals surface area contributed by atoms with Crippen molar-refractivity contribution in [3.05, 3.63) is 0 Å². The molecule has 2 rings (SSSR count). The summed E-state index contributed by atoms with van der Waals surface area (Å²) < 4.78 is 5.65. The monoisotopic (exact) mass is 298 g/mol. The molecule has 0 aromatic heterocycles. The van der Waals surface area contributed by atoms with Crippen LogP contribution in [0.15, 0.2) is 0 Å². The predicted octanol–water partition coefficient (Wildman–Crippen LogP) is 2.25. The molecule has 4 nitrogen and oxygen atoms in total. The number of nitrogens with zero attached hydrogens (tertiary/aromatic N) is 1. The van der Waals surface area contributed by atoms with E-state index < -0.39 is 5.41 Å². The molecule has 0 radical (unpaired) electrons. The van der Waals surface area contributed by atoms with Crippen LogP contribution in [0.4, 0.5) is 0 Å². The molecule has 114 valence electrons. The Hall–Kier alpha value is -0.680. The number of ether oxygens (including phenoxy) is 1. The lowest BCUT2D eigenvalue weighted by molar-refractivity contribution is -0.146. The molecular formula is C15H26N2O2S. The second-order valence-electron chi connectivity index (χ2n) is 6.01. The molecule has 2 aliphatic rings. The molecule has 1 atom stereocenters. The summed E-state index contributed by atoms with van der Waals surface area (Å²) in [5.41, 5.74) is 5.40. The summed E-state index contributed by atoms with van der Waals surface area (Å²) in [6.45, 7) is 4.06. The number of amides is 1. The Morgan fingerprint density at radius 1 is 1.35 bits per heavy atom. The van der Waals surface area contributed by atoms with Crippen LogP contribution >= 0.6 is 12.2 Å². The first-order valence-corrected chi connectivity index (χ1v) is 8.22. The van der Waals surface area contributed by atoms with E-state index in [1.165, 1.54) is 12.8 Å². The largest absolute Gasteiger partial charge is 0.392 e. The van der Waals surface area contributed by atoms with Crippen LogP contribution < -0.4 is 5.73 Å². The number of hydrogen-bond donors (Lipinski definition) is 1. The van der Waals surface area contributed by atoms with Crippen LogP contribution in [0.25, 0.3) is 0 Å². The number of rotatable bonds is 3. The molecule has 1 amide bonds. The molecule has 0 aromatic carbocycles. The van der Waals surface area contributed by atoms with Gasteiger partial charge >= 0.3 is 0 Å². The fraction of sp³-hybridized carbons (Fsp3) is 0.867. The fourth-order valence-corrected chi connectivity index (χ4v) is 3.64. The van der Waals surface area contributed by atoms with Crippen molar-refractivity contribution >= 4 is 23.1 Å². The molecule has 0 spiro atoms. The van der Waals surface area contributed by atoms with Gasteiger partial charge in [-0.05, 0) is 19.3 Å². The Balaban J connectivity index is 2.15. The Morgan fingerprint density at radius 2 is 2.00 bits per heavy atom. The lowest BCUT2D eigenvalue weighted by Crippen LogP contribution is -2.55. The summed E-state index contributed by atoms with van der Waals surface area (Å²) in [6, 6.07) is 0. The third kappa shape index (κ3) is 3.14. The van der Waals surface area contributed by atoms with E-state index in [9.17, 15) is 4.79 Å². The molecule has 2 N–H and O–H groups in total. The van der Waals surface area contributed by atoms with Crippen LogP contribution in [-0.4, -0.2) is 41.6 Å². The summed E-state index contributed by atoms with van der Waals surface area (Å²) in [6.07, 6.45) is 7.17. The maximum Gasteiger partial charge on any atom is 0.235 e. The highest BCUT2D eigenvalue weighted by atomic mass is 32.1. The maximum absolute atomic E-state index is 13.0. The van der Waals surface area contributed by atoms with E-state index in [-0.39, 0.29) is 12.0 Å². The highest BCUT2D eigenvalue weighted by Crippen LogP contribution is 2.37. The molecule has 5 heteroatoms. The van der Waals surface area contributed by atoms with Crippen LogP contribution in [0.3, 0.4) is 0 Å². The first-order chi connectivity index (χ1) is 9.60. The molecule has 1 unspecified atom stereocenters. The van der Waals surface area contributed by atoms with E-state index >= 15 is 0 Å². The van der Waals surface area contributed by atoms with E-state index in [1.807, 2.05) is 4.90 Å². The van der Waals surface area contributed by atoms with Crippen molar-refractivity contribution in [3.63, 3.8) is 0 Å². The van der Waals surface area contributed by atoms with Gasteiger partial charge in [-0.15, -0.1) is 0 Å². The van der Waals surface area contributed by atoms with Crippen LogP contribution in [0.5, 0.6) is 0 Å². The SMILES string of the molecule is CCC1CN(C(=O)C2(C(N)=S)CCCCCC2)CCO1. The number of nitrogens with two attached hydrogens (primary N) is 1. The Labute approximate surface area is 127 Å². The van der Waals surface area contributed by atoms with Gasteiger partial charge in [0.25, 0.3) is 0 Å². The third-order valence-electron chi connectivity index (χ3n) is 4.72. The quantitative estimate of drug-likeness (QED) is 0.641. The van der Waals surface area contributed by atoms with Gasteiger partial charge in [0, 0.05) is 13.1 Å². The topological polar surface area (TPSA) is 55.6 Å². The second-order valence-corrected chi connectivity index (χ2v) is 6.45. The summed E-state index contributed by atoms with van der Waals surface area (Å²) in [5.74, 6) is 0.147. The van der Waals surface area contributed by atoms with Gasteiger partial charge in [-0.1, -0.05) is 44.8 Å². The fourth-order valence-electron chi connectivity index (χ4n) is 3.35. The van der Waals surface area contributed by atoms with Crippen molar-refractivity contribution in [2.75, 3.05) is 19.7 Å². The molecule has 1 saturated carbocycles. The maximum atomic E-state index is 13.0. The van der Waals surface area contributed by atoms with Crippen molar-refractivity contribution < 1.29 is 9.53 Å². The van der Waals surface area contributed by atoms with Gasteiger partial charge < -0.3 is 15.4 Å². The molecule has 20 heavy (non-hydrogen) atoms. The van der Waals surface area contributed by atoms with E-state index in [4.69, 9.17) is 22.7 Å². The summed E-state index contributed by atoms with van der Waals surface area (Å²) >= 11 is 5.29. The van der Waals surface area contributed by atoms with Gasteiger partial charge in [0.05, 0.1) is 23.1 Å². The minimum atomic E-state index is -0.596. The standard InChI is InChI=1S/C15H26N2O2S/c1-2-12-11-17(9-10-19-12)14(18)15(13(16)20)7-5-3-4-6-8-15/h12H,2-11H2,1H3,(H2,16,20). The van der Waals surface area contributed by atoms with Gasteiger partial charge in [0.2, 0.25) is 5.91 Å². The van der Waals surface area contributed by atoms with Gasteiger partial charge in [0.15, 0.2) is 0 Å². The molecule has 0 bridgehead atoms. The van der Waals surface area contributed by atoms with E-state index in [2.05, 4.69) is 6.92 Å². The van der Waals surface area contributed by atoms with Crippen LogP contribution in [0, 0.1) is 5.41 Å². The number of carbonyl (C=O) groups is 1. The van der Waals surface area contributed by atoms with Crippen molar-refractivity contribution in [1.29, 1.82) is 0 Å². The number of morpholine rings is 1. The molecule has 1 aliphatic heterocycles. The van der Waals surface area contributed by atoms with Crippen molar-refractivity contribution in [2.45, 2.75) is 58.0 Å². The average Bonchev–Trinajstić information content (AvgIpc) is 2.73. The summed E-state index contributed by atoms with van der Waals surface area (Å²) in [4.78, 5) is 15.4. The number of thiocarbonyl (C=S) groups is 1. The van der Waals surface area contributed by atoms with Gasteiger partial charge in [-0.3, -0.25) is 4.79 Å². The highest BCUT2D eigenvalue weighted by molar-refractivity contribution is 7.80. The normalized spacial score (nSPS) is 26.9. The lowest BCUT2D eigenvalue weighted by Gasteiger charge is -2.39. The summed E-state index contributed by atoms with van der Waals surface area (Å²) in [5, 5.41) is 0. The van der Waals surface area contributed by atoms with Gasteiger partial charge in [0.1, 0.15) is 0 Å². The zero-order chi connectivity index (χ0) is 14.6. The highest BCUT2D eigenvalue weighted by Gasteiger charge is 2.44. The van der Waals surface area contributed by atoms with Gasteiger partial charge in [-0.2, -0.15) is 0 Å². The third-order valence-corrected chi connectivity index (χ3v) is 5.11. The Bertz CT molecular complexity index is 365. The van der Waals surface area contributed by atoms with E-state index in [0.29, 0.717) is 24.7 Å². The summed E-state index contributed by atoms with van der Waals surface area (Å²) in [7, 11) is 0. The predicted molar refractivity (Wildman–Crippen MR) is 83.5 cm³/mol. The van der Waals surface area contributed by atoms with E-state index in [1.54, 1.807) is 0 Å². The Kier molecular flexibility index (Phi) is 5.38. The van der Waals surface area contributed by atoms with Gasteiger partial charge in [-0.25, -0.2) is 0 Å². The second kappa shape index (κ2) is 6.85. The smallest absolute Gasteiger partial charge is 0.235 e. The molecule has 1 saturated heterocycles. The minimum absolute atomic E-state index is 0.147. The molecule has 1 heterocycles. The van der Waals surface area contributed by atoms with Crippen molar-refractivity contribution in [2.24, 2.45) is 11.1 Å². The zero-order valence-electron chi connectivity index (χ0n) is 12.4. The molecule has 0 aromatic rings. The first-order valence-electron chi connectivity index (χ1n) is 7.81. The van der Waals surface area contributed by atoms with Crippen LogP contribution in [0.2, 0.25) is 0 Å². The Morgan fingerprint density at radius 3 is 2.55 bits per heavy atom. The zero-order valence-corrected chi connectivity index (χ0v) is 13.2. The first kappa shape index (κ1) is 15.7. The molecule has 2 fully saturated rings. The number of hydrogen-bond acceptors (Lipinski definition) is 3. The minimum Gasteiger partial charge on any atom is -0.392 e. The van der Waals surface area contributed by atoms with Crippen LogP contribution in [-0.2, 0) is 9.53 Å². The van der Waals surface area contributed by atoms with Crippen LogP contribution in [0.1, 0.15) is 51.9 Å². The lowest BCUT2D eigenvalue weighted by atomic mass is 9.78. The molecule has 1 aliphatic carbocycles. The van der Waals surface area contributed by atoms with Crippen molar-refractivity contribution in [3.8, 4) is 0 Å². The number of carbonyl (C=O) groups excluding carboxylic acids is 1. The van der Waals surface area contributed by atoms with E-state index in [0.717, 1.165) is 32.1 Å². The molecular weight excluding hydrogens is 272 g/mol. The average molecular weight is 298 g/mol.